The molecule has 0 N–H and O–H groups in total. The molecule has 3 nitrogen and oxygen atoms in total. The first-order valence-electron chi connectivity index (χ1n) is 7.74. The Hall–Kier alpha value is -1.16. The highest BCUT2D eigenvalue weighted by Gasteiger charge is 2.46. The highest BCUT2D eigenvalue weighted by molar-refractivity contribution is 7.92. The summed E-state index contributed by atoms with van der Waals surface area (Å²) in [6.07, 6.45) is 3.49. The first kappa shape index (κ1) is 14.8. The Morgan fingerprint density at radius 2 is 1.57 bits per heavy atom. The number of aryl methyl sites for hydroxylation is 2. The molecule has 0 aliphatic carbocycles. The van der Waals surface area contributed by atoms with Crippen molar-refractivity contribution in [2.75, 3.05) is 0 Å². The summed E-state index contributed by atoms with van der Waals surface area (Å²) in [5, 5.41) is -0.577. The van der Waals surface area contributed by atoms with Gasteiger partial charge in [0, 0.05) is 11.5 Å². The number of carbonyl (C=O) groups is 1. The second-order valence-electron chi connectivity index (χ2n) is 6.56. The molecule has 2 unspecified atom stereocenters. The van der Waals surface area contributed by atoms with Crippen LogP contribution in [0.15, 0.2) is 18.2 Å². The molecule has 1 aromatic carbocycles. The van der Waals surface area contributed by atoms with Crippen molar-refractivity contribution >= 4 is 15.6 Å². The first-order chi connectivity index (χ1) is 9.91. The molecule has 0 spiro atoms. The van der Waals surface area contributed by atoms with Gasteiger partial charge >= 0.3 is 0 Å². The number of Topliss-reactive ketones (excluding diaryl/α,β-unsaturated/α-hetero) is 1. The van der Waals surface area contributed by atoms with Gasteiger partial charge in [-0.05, 0) is 50.7 Å². The average Bonchev–Trinajstić information content (AvgIpc) is 2.36. The fourth-order valence-electron chi connectivity index (χ4n) is 4.03. The number of sulfone groups is 1. The zero-order valence-electron chi connectivity index (χ0n) is 12.6. The van der Waals surface area contributed by atoms with Crippen LogP contribution in [0.4, 0.5) is 0 Å². The molecule has 21 heavy (non-hydrogen) atoms. The topological polar surface area (TPSA) is 51.2 Å². The number of ketones is 1. The third-order valence-corrected chi connectivity index (χ3v) is 7.89. The van der Waals surface area contributed by atoms with Crippen LogP contribution < -0.4 is 0 Å². The van der Waals surface area contributed by atoms with Gasteiger partial charge in [-0.25, -0.2) is 8.42 Å². The predicted octanol–water partition coefficient (Wildman–Crippen LogP) is 3.23. The van der Waals surface area contributed by atoms with E-state index in [2.05, 4.69) is 0 Å². The second-order valence-corrected chi connectivity index (χ2v) is 9.07. The highest BCUT2D eigenvalue weighted by atomic mass is 32.2. The van der Waals surface area contributed by atoms with Gasteiger partial charge in [-0.3, -0.25) is 4.79 Å². The van der Waals surface area contributed by atoms with Gasteiger partial charge in [-0.2, -0.15) is 0 Å². The van der Waals surface area contributed by atoms with E-state index in [4.69, 9.17) is 0 Å². The van der Waals surface area contributed by atoms with Gasteiger partial charge in [0.15, 0.2) is 15.6 Å². The third kappa shape index (κ3) is 2.44. The van der Waals surface area contributed by atoms with Crippen LogP contribution in [0, 0.1) is 19.8 Å². The van der Waals surface area contributed by atoms with E-state index in [9.17, 15) is 13.2 Å². The van der Waals surface area contributed by atoms with Gasteiger partial charge in [0.1, 0.15) is 0 Å². The van der Waals surface area contributed by atoms with Crippen LogP contribution in [0.5, 0.6) is 0 Å². The maximum atomic E-state index is 12.9. The van der Waals surface area contributed by atoms with Crippen LogP contribution in [0.1, 0.15) is 53.6 Å². The summed E-state index contributed by atoms with van der Waals surface area (Å²) in [6.45, 7) is 3.92. The van der Waals surface area contributed by atoms with E-state index in [0.717, 1.165) is 36.0 Å². The Kier molecular flexibility index (Phi) is 3.68. The van der Waals surface area contributed by atoms with Crippen molar-refractivity contribution in [3.63, 3.8) is 0 Å². The Balaban J connectivity index is 1.91. The summed E-state index contributed by atoms with van der Waals surface area (Å²) in [5.41, 5.74) is 2.80. The van der Waals surface area contributed by atoms with Gasteiger partial charge in [-0.1, -0.05) is 24.6 Å². The van der Waals surface area contributed by atoms with Crippen molar-refractivity contribution in [1.82, 2.24) is 0 Å². The van der Waals surface area contributed by atoms with Crippen molar-refractivity contribution in [3.05, 3.63) is 34.9 Å². The number of fused-ring (bicyclic) bond motifs is 2. The molecule has 2 aliphatic heterocycles. The lowest BCUT2D eigenvalue weighted by Gasteiger charge is -2.38. The minimum Gasteiger partial charge on any atom is -0.294 e. The minimum absolute atomic E-state index is 0.122. The van der Waals surface area contributed by atoms with E-state index in [0.29, 0.717) is 12.8 Å². The smallest absolute Gasteiger partial charge is 0.166 e. The van der Waals surface area contributed by atoms with Gasteiger partial charge in [0.05, 0.1) is 10.5 Å². The molecule has 2 heterocycles. The number of hydrogen-bond acceptors (Lipinski definition) is 3. The van der Waals surface area contributed by atoms with Gasteiger partial charge in [-0.15, -0.1) is 0 Å². The molecule has 2 saturated heterocycles. The zero-order chi connectivity index (χ0) is 15.2. The Morgan fingerprint density at radius 3 is 2.10 bits per heavy atom. The van der Waals surface area contributed by atoms with Crippen molar-refractivity contribution in [1.29, 1.82) is 0 Å². The molecule has 2 aliphatic rings. The minimum atomic E-state index is -2.99. The zero-order valence-corrected chi connectivity index (χ0v) is 13.4. The largest absolute Gasteiger partial charge is 0.294 e. The van der Waals surface area contributed by atoms with Crippen LogP contribution in [0.25, 0.3) is 0 Å². The van der Waals surface area contributed by atoms with Crippen LogP contribution in [-0.4, -0.2) is 24.7 Å². The summed E-state index contributed by atoms with van der Waals surface area (Å²) in [4.78, 5) is 12.9. The monoisotopic (exact) mass is 306 g/mol. The maximum absolute atomic E-state index is 12.9. The molecule has 0 saturated carbocycles. The van der Waals surface area contributed by atoms with Crippen molar-refractivity contribution in [2.24, 2.45) is 5.92 Å². The van der Waals surface area contributed by atoms with Crippen LogP contribution in [0.2, 0.25) is 0 Å². The molecule has 2 bridgehead atoms. The lowest BCUT2D eigenvalue weighted by atomic mass is 9.82. The molecule has 1 aromatic rings. The van der Waals surface area contributed by atoms with E-state index < -0.39 is 9.84 Å². The van der Waals surface area contributed by atoms with E-state index in [1.54, 1.807) is 0 Å². The lowest BCUT2D eigenvalue weighted by molar-refractivity contribution is 0.0892. The van der Waals surface area contributed by atoms with E-state index in [1.165, 1.54) is 0 Å². The molecule has 114 valence electrons. The standard InChI is InChI=1S/C17H22O3S/c1-11-5-3-6-12(2)16(11)17(18)13-9-14-7-4-8-15(10-13)21(14,19)20/h3,5-6,13-15H,4,7-10H2,1-2H3. The quantitative estimate of drug-likeness (QED) is 0.788. The maximum Gasteiger partial charge on any atom is 0.166 e. The van der Waals surface area contributed by atoms with Crippen LogP contribution in [0.3, 0.4) is 0 Å². The van der Waals surface area contributed by atoms with Crippen LogP contribution in [-0.2, 0) is 9.84 Å². The Labute approximate surface area is 126 Å². The summed E-state index contributed by atoms with van der Waals surface area (Å²) < 4.78 is 24.6. The van der Waals surface area contributed by atoms with Gasteiger partial charge in [0.2, 0.25) is 0 Å². The second kappa shape index (κ2) is 5.24. The highest BCUT2D eigenvalue weighted by Crippen LogP contribution is 2.40. The molecular weight excluding hydrogens is 284 g/mol. The molecule has 0 radical (unpaired) electrons. The molecule has 2 fully saturated rings. The molecule has 4 heteroatoms. The fraction of sp³-hybridized carbons (Fsp3) is 0.588. The third-order valence-electron chi connectivity index (χ3n) is 5.17. The summed E-state index contributed by atoms with van der Waals surface area (Å²) >= 11 is 0. The summed E-state index contributed by atoms with van der Waals surface area (Å²) in [5.74, 6) is 0.0287. The summed E-state index contributed by atoms with van der Waals surface area (Å²) in [6, 6.07) is 5.88. The normalized spacial score (nSPS) is 30.9. The number of hydrogen-bond donors (Lipinski definition) is 0. The number of rotatable bonds is 2. The Morgan fingerprint density at radius 1 is 1.05 bits per heavy atom. The van der Waals surface area contributed by atoms with Crippen LogP contribution >= 0.6 is 0 Å². The summed E-state index contributed by atoms with van der Waals surface area (Å²) in [7, 11) is -2.99. The van der Waals surface area contributed by atoms with E-state index >= 15 is 0 Å². The first-order valence-corrected chi connectivity index (χ1v) is 9.35. The van der Waals surface area contributed by atoms with Gasteiger partial charge < -0.3 is 0 Å². The SMILES string of the molecule is Cc1cccc(C)c1C(=O)C1CC2CCCC(C1)S2(=O)=O. The van der Waals surface area contributed by atoms with Crippen molar-refractivity contribution < 1.29 is 13.2 Å². The van der Waals surface area contributed by atoms with E-state index in [-0.39, 0.29) is 22.2 Å². The molecule has 3 rings (SSSR count). The van der Waals surface area contributed by atoms with E-state index in [1.807, 2.05) is 32.0 Å². The molecule has 2 atom stereocenters. The molecular formula is C17H22O3S. The average molecular weight is 306 g/mol. The van der Waals surface area contributed by atoms with Gasteiger partial charge in [0.25, 0.3) is 0 Å². The number of benzene rings is 1. The molecule has 0 amide bonds. The Bertz CT molecular complexity index is 635. The number of carbonyl (C=O) groups excluding carboxylic acids is 1. The predicted molar refractivity (Wildman–Crippen MR) is 83.3 cm³/mol. The fourth-order valence-corrected chi connectivity index (χ4v) is 6.57. The molecule has 0 aromatic heterocycles. The lowest BCUT2D eigenvalue weighted by Crippen LogP contribution is -2.45. The van der Waals surface area contributed by atoms with Crippen molar-refractivity contribution in [2.45, 2.75) is 56.5 Å². The van der Waals surface area contributed by atoms with Crippen molar-refractivity contribution in [3.8, 4) is 0 Å².